The van der Waals surface area contributed by atoms with E-state index < -0.39 is 0 Å². The summed E-state index contributed by atoms with van der Waals surface area (Å²) in [7, 11) is 5.09. The number of aromatic nitrogens is 3. The summed E-state index contributed by atoms with van der Waals surface area (Å²) in [5.74, 6) is 0.656. The van der Waals surface area contributed by atoms with E-state index in [9.17, 15) is 4.79 Å². The highest BCUT2D eigenvalue weighted by molar-refractivity contribution is 6.05. The lowest BCUT2D eigenvalue weighted by Gasteiger charge is -2.16. The van der Waals surface area contributed by atoms with Gasteiger partial charge in [0.15, 0.2) is 5.82 Å². The zero-order chi connectivity index (χ0) is 14.7. The number of hydrogen-bond donors (Lipinski definition) is 1. The van der Waals surface area contributed by atoms with Crippen molar-refractivity contribution >= 4 is 17.4 Å². The van der Waals surface area contributed by atoms with Gasteiger partial charge < -0.3 is 19.5 Å². The van der Waals surface area contributed by atoms with Crippen LogP contribution in [0.1, 0.15) is 16.1 Å². The summed E-state index contributed by atoms with van der Waals surface area (Å²) in [4.78, 5) is 22.0. The molecule has 1 N–H and O–H groups in total. The highest BCUT2D eigenvalue weighted by atomic mass is 16.5. The third kappa shape index (κ3) is 2.68. The van der Waals surface area contributed by atoms with Crippen molar-refractivity contribution < 1.29 is 14.1 Å². The first kappa shape index (κ1) is 13.8. The molecule has 0 aromatic carbocycles. The number of aryl methyl sites for hydroxylation is 1. The van der Waals surface area contributed by atoms with E-state index in [0.717, 1.165) is 0 Å². The molecule has 0 saturated carbocycles. The molecule has 0 saturated heterocycles. The van der Waals surface area contributed by atoms with Crippen molar-refractivity contribution in [2.24, 2.45) is 0 Å². The van der Waals surface area contributed by atoms with Crippen LogP contribution in [0.5, 0.6) is 6.01 Å². The highest BCUT2D eigenvalue weighted by Gasteiger charge is 2.17. The fourth-order valence-electron chi connectivity index (χ4n) is 1.59. The molecule has 2 aromatic rings. The molecule has 0 unspecified atom stereocenters. The molecule has 0 aliphatic carbocycles. The molecule has 0 aliphatic rings. The first-order chi connectivity index (χ1) is 9.52. The lowest BCUT2D eigenvalue weighted by atomic mass is 10.2. The summed E-state index contributed by atoms with van der Waals surface area (Å²) in [5.41, 5.74) is 0.840. The maximum atomic E-state index is 12.1. The van der Waals surface area contributed by atoms with Gasteiger partial charge in [-0.1, -0.05) is 5.16 Å². The van der Waals surface area contributed by atoms with Gasteiger partial charge in [0.1, 0.15) is 17.0 Å². The van der Waals surface area contributed by atoms with Crippen molar-refractivity contribution in [1.29, 1.82) is 0 Å². The molecule has 0 aliphatic heterocycles. The predicted molar refractivity (Wildman–Crippen MR) is 72.1 cm³/mol. The Bertz CT molecular complexity index is 623. The molecule has 0 fully saturated rings. The zero-order valence-electron chi connectivity index (χ0n) is 11.7. The normalized spacial score (nSPS) is 10.2. The van der Waals surface area contributed by atoms with E-state index in [2.05, 4.69) is 20.4 Å². The smallest absolute Gasteiger partial charge is 0.318 e. The van der Waals surface area contributed by atoms with Crippen molar-refractivity contribution in [3.63, 3.8) is 0 Å². The van der Waals surface area contributed by atoms with Crippen LogP contribution in [0, 0.1) is 6.92 Å². The van der Waals surface area contributed by atoms with Gasteiger partial charge >= 0.3 is 6.01 Å². The third-order valence-corrected chi connectivity index (χ3v) is 2.60. The number of carbonyl (C=O) groups excluding carboxylic acids is 1. The molecule has 0 bridgehead atoms. The Morgan fingerprint density at radius 2 is 2.15 bits per heavy atom. The minimum atomic E-state index is -0.333. The molecule has 2 aromatic heterocycles. The number of nitrogens with zero attached hydrogens (tertiary/aromatic N) is 4. The molecule has 1 amide bonds. The van der Waals surface area contributed by atoms with Crippen LogP contribution in [0.25, 0.3) is 0 Å². The van der Waals surface area contributed by atoms with Crippen LogP contribution >= 0.6 is 0 Å². The molecule has 0 atom stereocenters. The summed E-state index contributed by atoms with van der Waals surface area (Å²) >= 11 is 0. The lowest BCUT2D eigenvalue weighted by Crippen LogP contribution is -2.18. The molecule has 0 radical (unpaired) electrons. The Morgan fingerprint density at radius 3 is 2.70 bits per heavy atom. The van der Waals surface area contributed by atoms with Gasteiger partial charge in [0.2, 0.25) is 0 Å². The molecule has 2 heterocycles. The summed E-state index contributed by atoms with van der Waals surface area (Å²) in [6.07, 6.45) is 2.85. The number of anilines is 2. The van der Waals surface area contributed by atoms with Gasteiger partial charge in [-0.2, -0.15) is 4.98 Å². The van der Waals surface area contributed by atoms with Crippen molar-refractivity contribution in [2.45, 2.75) is 6.92 Å². The number of carbonyl (C=O) groups is 1. The SMILES string of the molecule is COc1ncc(NC(=O)c2cnoc2C)c(N(C)C)n1. The van der Waals surface area contributed by atoms with E-state index in [0.29, 0.717) is 22.8 Å². The molecule has 8 heteroatoms. The van der Waals surface area contributed by atoms with E-state index in [1.165, 1.54) is 19.5 Å². The molecular weight excluding hydrogens is 262 g/mol. The number of hydrogen-bond acceptors (Lipinski definition) is 7. The fraction of sp³-hybridized carbons (Fsp3) is 0.333. The van der Waals surface area contributed by atoms with Crippen LogP contribution < -0.4 is 15.0 Å². The van der Waals surface area contributed by atoms with E-state index >= 15 is 0 Å². The molecular formula is C12H15N5O3. The van der Waals surface area contributed by atoms with Crippen molar-refractivity contribution in [1.82, 2.24) is 15.1 Å². The van der Waals surface area contributed by atoms with Gasteiger partial charge in [0.25, 0.3) is 5.91 Å². The van der Waals surface area contributed by atoms with Crippen molar-refractivity contribution in [3.8, 4) is 6.01 Å². The Balaban J connectivity index is 2.29. The van der Waals surface area contributed by atoms with Crippen LogP contribution in [0.2, 0.25) is 0 Å². The Hall–Kier alpha value is -2.64. The summed E-state index contributed by atoms with van der Waals surface area (Å²) in [6, 6.07) is 0.229. The molecule has 2 rings (SSSR count). The highest BCUT2D eigenvalue weighted by Crippen LogP contribution is 2.23. The van der Waals surface area contributed by atoms with Gasteiger partial charge in [0, 0.05) is 14.1 Å². The number of nitrogens with one attached hydrogen (secondary N) is 1. The summed E-state index contributed by atoms with van der Waals surface area (Å²) < 4.78 is 9.83. The quantitative estimate of drug-likeness (QED) is 0.894. The monoisotopic (exact) mass is 277 g/mol. The molecule has 8 nitrogen and oxygen atoms in total. The number of rotatable bonds is 4. The summed E-state index contributed by atoms with van der Waals surface area (Å²) in [6.45, 7) is 1.67. The number of ether oxygens (including phenoxy) is 1. The topological polar surface area (TPSA) is 93.4 Å². The van der Waals surface area contributed by atoms with Crippen LogP contribution in [0.3, 0.4) is 0 Å². The number of methoxy groups -OCH3 is 1. The molecule has 106 valence electrons. The average molecular weight is 277 g/mol. The van der Waals surface area contributed by atoms with Gasteiger partial charge in [-0.05, 0) is 6.92 Å². The van der Waals surface area contributed by atoms with Crippen LogP contribution in [0.15, 0.2) is 16.9 Å². The Kier molecular flexibility index (Phi) is 3.83. The van der Waals surface area contributed by atoms with E-state index in [1.807, 2.05) is 14.1 Å². The van der Waals surface area contributed by atoms with Gasteiger partial charge in [-0.25, -0.2) is 4.98 Å². The standard InChI is InChI=1S/C12H15N5O3/c1-7-8(5-14-20-7)11(18)15-9-6-13-12(19-4)16-10(9)17(2)3/h5-6H,1-4H3,(H,15,18). The first-order valence-corrected chi connectivity index (χ1v) is 5.84. The Morgan fingerprint density at radius 1 is 1.40 bits per heavy atom. The van der Waals surface area contributed by atoms with Crippen LogP contribution in [-0.2, 0) is 0 Å². The van der Waals surface area contributed by atoms with Gasteiger partial charge in [0.05, 0.1) is 19.5 Å². The minimum absolute atomic E-state index is 0.229. The van der Waals surface area contributed by atoms with Crippen LogP contribution in [-0.4, -0.2) is 42.2 Å². The Labute approximate surface area is 115 Å². The van der Waals surface area contributed by atoms with Crippen LogP contribution in [0.4, 0.5) is 11.5 Å². The van der Waals surface area contributed by atoms with Crippen molar-refractivity contribution in [3.05, 3.63) is 23.7 Å². The average Bonchev–Trinajstić information content (AvgIpc) is 2.85. The minimum Gasteiger partial charge on any atom is -0.467 e. The predicted octanol–water partition coefficient (Wildman–Crippen LogP) is 1.10. The molecule has 0 spiro atoms. The van der Waals surface area contributed by atoms with Crippen molar-refractivity contribution in [2.75, 3.05) is 31.4 Å². The van der Waals surface area contributed by atoms with E-state index in [4.69, 9.17) is 9.26 Å². The molecule has 20 heavy (non-hydrogen) atoms. The maximum Gasteiger partial charge on any atom is 0.318 e. The second kappa shape index (κ2) is 5.55. The largest absolute Gasteiger partial charge is 0.467 e. The number of amides is 1. The third-order valence-electron chi connectivity index (χ3n) is 2.60. The van der Waals surface area contributed by atoms with Gasteiger partial charge in [-0.15, -0.1) is 0 Å². The second-order valence-corrected chi connectivity index (χ2v) is 4.24. The summed E-state index contributed by atoms with van der Waals surface area (Å²) in [5, 5.41) is 6.30. The zero-order valence-corrected chi connectivity index (χ0v) is 11.7. The van der Waals surface area contributed by atoms with E-state index in [-0.39, 0.29) is 11.9 Å². The lowest BCUT2D eigenvalue weighted by molar-refractivity contribution is 0.102. The second-order valence-electron chi connectivity index (χ2n) is 4.24. The fourth-order valence-corrected chi connectivity index (χ4v) is 1.59. The van der Waals surface area contributed by atoms with Gasteiger partial charge in [-0.3, -0.25) is 4.79 Å². The van der Waals surface area contributed by atoms with E-state index in [1.54, 1.807) is 11.8 Å². The first-order valence-electron chi connectivity index (χ1n) is 5.84. The maximum absolute atomic E-state index is 12.1.